The molecule has 6 nitrogen and oxygen atoms in total. The highest BCUT2D eigenvalue weighted by atomic mass is 32.2. The Hall–Kier alpha value is -3.58. The van der Waals surface area contributed by atoms with Crippen LogP contribution in [0.3, 0.4) is 0 Å². The first-order chi connectivity index (χ1) is 15.7. The van der Waals surface area contributed by atoms with Crippen LogP contribution in [0.2, 0.25) is 0 Å². The zero-order valence-corrected chi connectivity index (χ0v) is 18.6. The second-order valence-corrected chi connectivity index (χ2v) is 8.16. The van der Waals surface area contributed by atoms with E-state index < -0.39 is 0 Å². The minimum atomic E-state index is -0.217. The number of carbonyl (C=O) groups excluding carboxylic acids is 1. The average molecular weight is 445 g/mol. The molecule has 3 aromatic carbocycles. The van der Waals surface area contributed by atoms with E-state index in [2.05, 4.69) is 46.7 Å². The van der Waals surface area contributed by atoms with E-state index in [0.717, 1.165) is 16.6 Å². The Labute approximate surface area is 191 Å². The van der Waals surface area contributed by atoms with Crippen LogP contribution in [-0.2, 0) is 17.1 Å². The van der Waals surface area contributed by atoms with Crippen molar-refractivity contribution in [1.29, 1.82) is 0 Å². The van der Waals surface area contributed by atoms with E-state index in [9.17, 15) is 4.79 Å². The van der Waals surface area contributed by atoms with Crippen LogP contribution in [0.25, 0.3) is 5.69 Å². The molecule has 0 saturated carbocycles. The van der Waals surface area contributed by atoms with E-state index in [1.165, 1.54) is 11.1 Å². The van der Waals surface area contributed by atoms with E-state index in [-0.39, 0.29) is 19.1 Å². The van der Waals surface area contributed by atoms with Crippen molar-refractivity contribution in [2.75, 3.05) is 6.61 Å². The van der Waals surface area contributed by atoms with Crippen LogP contribution in [-0.4, -0.2) is 27.3 Å². The number of benzene rings is 3. The fourth-order valence-corrected chi connectivity index (χ4v) is 4.00. The maximum absolute atomic E-state index is 12.3. The summed E-state index contributed by atoms with van der Waals surface area (Å²) in [7, 11) is 0. The van der Waals surface area contributed by atoms with Gasteiger partial charge >= 0.3 is 0 Å². The van der Waals surface area contributed by atoms with Gasteiger partial charge < -0.3 is 10.1 Å². The summed E-state index contributed by atoms with van der Waals surface area (Å²) in [5, 5.41) is 12.4. The number of nitrogens with one attached hydrogen (secondary N) is 1. The van der Waals surface area contributed by atoms with Crippen LogP contribution < -0.4 is 10.1 Å². The number of ether oxygens (including phenoxy) is 1. The van der Waals surface area contributed by atoms with Gasteiger partial charge in [-0.1, -0.05) is 78.0 Å². The Morgan fingerprint density at radius 1 is 0.938 bits per heavy atom. The third kappa shape index (κ3) is 5.76. The van der Waals surface area contributed by atoms with Crippen LogP contribution >= 0.6 is 11.8 Å². The molecule has 0 aliphatic rings. The lowest BCUT2D eigenvalue weighted by Crippen LogP contribution is -2.29. The predicted octanol–water partition coefficient (Wildman–Crippen LogP) is 4.56. The van der Waals surface area contributed by atoms with Gasteiger partial charge in [0.1, 0.15) is 5.75 Å². The normalized spacial score (nSPS) is 10.7. The molecule has 1 aromatic heterocycles. The molecule has 0 radical (unpaired) electrons. The molecular weight excluding hydrogens is 420 g/mol. The molecule has 0 atom stereocenters. The lowest BCUT2D eigenvalue weighted by Gasteiger charge is -2.12. The number of carbonyl (C=O) groups is 1. The monoisotopic (exact) mass is 444 g/mol. The van der Waals surface area contributed by atoms with Gasteiger partial charge in [0.25, 0.3) is 5.91 Å². The predicted molar refractivity (Wildman–Crippen MR) is 126 cm³/mol. The Morgan fingerprint density at radius 2 is 1.62 bits per heavy atom. The van der Waals surface area contributed by atoms with Crippen molar-refractivity contribution in [2.45, 2.75) is 24.4 Å². The summed E-state index contributed by atoms with van der Waals surface area (Å²) in [6.07, 6.45) is 0. The second kappa shape index (κ2) is 10.6. The van der Waals surface area contributed by atoms with Crippen LogP contribution in [0.5, 0.6) is 5.75 Å². The van der Waals surface area contributed by atoms with Gasteiger partial charge in [-0.2, -0.15) is 0 Å². The molecule has 0 saturated heterocycles. The average Bonchev–Trinajstić information content (AvgIpc) is 3.24. The maximum atomic E-state index is 12.3. The molecule has 0 bridgehead atoms. The van der Waals surface area contributed by atoms with E-state index in [0.29, 0.717) is 11.6 Å². The molecule has 0 aliphatic carbocycles. The van der Waals surface area contributed by atoms with Crippen molar-refractivity contribution < 1.29 is 9.53 Å². The molecule has 32 heavy (non-hydrogen) atoms. The quantitative estimate of drug-likeness (QED) is 0.383. The molecule has 1 amide bonds. The number of aryl methyl sites for hydroxylation is 1. The molecule has 0 fully saturated rings. The minimum absolute atomic E-state index is 0.0572. The van der Waals surface area contributed by atoms with E-state index in [1.54, 1.807) is 11.8 Å². The standard InChI is InChI=1S/C25H24N4O2S/c1-19-12-14-21(15-13-19)29-23(16-26-24(30)17-31-22-10-6-3-7-11-22)27-28-25(29)32-18-20-8-4-2-5-9-20/h2-15H,16-18H2,1H3,(H,26,30). The van der Waals surface area contributed by atoms with E-state index in [4.69, 9.17) is 4.74 Å². The summed E-state index contributed by atoms with van der Waals surface area (Å²) in [5.74, 6) is 1.88. The summed E-state index contributed by atoms with van der Waals surface area (Å²) >= 11 is 1.61. The summed E-state index contributed by atoms with van der Waals surface area (Å²) in [6.45, 7) is 2.25. The van der Waals surface area contributed by atoms with Crippen molar-refractivity contribution in [3.8, 4) is 11.4 Å². The lowest BCUT2D eigenvalue weighted by molar-refractivity contribution is -0.123. The lowest BCUT2D eigenvalue weighted by atomic mass is 10.2. The van der Waals surface area contributed by atoms with Gasteiger partial charge in [-0.05, 0) is 36.8 Å². The molecule has 1 N–H and O–H groups in total. The Bertz CT molecular complexity index is 1150. The molecule has 4 rings (SSSR count). The van der Waals surface area contributed by atoms with Crippen molar-refractivity contribution in [2.24, 2.45) is 0 Å². The van der Waals surface area contributed by atoms with Crippen molar-refractivity contribution in [3.05, 3.63) is 102 Å². The third-order valence-corrected chi connectivity index (χ3v) is 5.76. The van der Waals surface area contributed by atoms with Gasteiger partial charge in [-0.3, -0.25) is 9.36 Å². The van der Waals surface area contributed by atoms with Crippen molar-refractivity contribution in [1.82, 2.24) is 20.1 Å². The zero-order chi connectivity index (χ0) is 22.2. The summed E-state index contributed by atoms with van der Waals surface area (Å²) in [5.41, 5.74) is 3.35. The minimum Gasteiger partial charge on any atom is -0.484 e. The van der Waals surface area contributed by atoms with Gasteiger partial charge in [0.2, 0.25) is 0 Å². The van der Waals surface area contributed by atoms with Crippen molar-refractivity contribution >= 4 is 17.7 Å². The highest BCUT2D eigenvalue weighted by Crippen LogP contribution is 2.25. The number of para-hydroxylation sites is 1. The number of amides is 1. The SMILES string of the molecule is Cc1ccc(-n2c(CNC(=O)COc3ccccc3)nnc2SCc2ccccc2)cc1. The number of thioether (sulfide) groups is 1. The summed E-state index contributed by atoms with van der Waals surface area (Å²) < 4.78 is 7.51. The van der Waals surface area contributed by atoms with Gasteiger partial charge in [0.05, 0.1) is 6.54 Å². The largest absolute Gasteiger partial charge is 0.484 e. The molecular formula is C25H24N4O2S. The van der Waals surface area contributed by atoms with Crippen LogP contribution in [0.4, 0.5) is 0 Å². The molecule has 7 heteroatoms. The number of aromatic nitrogens is 3. The first-order valence-electron chi connectivity index (χ1n) is 10.3. The van der Waals surface area contributed by atoms with Crippen molar-refractivity contribution in [3.63, 3.8) is 0 Å². The highest BCUT2D eigenvalue weighted by Gasteiger charge is 2.16. The van der Waals surface area contributed by atoms with Gasteiger partial charge in [-0.25, -0.2) is 0 Å². The molecule has 162 valence electrons. The summed E-state index contributed by atoms with van der Waals surface area (Å²) in [6, 6.07) is 27.7. The van der Waals surface area contributed by atoms with Crippen LogP contribution in [0.15, 0.2) is 90.1 Å². The first kappa shape index (κ1) is 21.6. The Balaban J connectivity index is 1.46. The van der Waals surface area contributed by atoms with Crippen LogP contribution in [0.1, 0.15) is 17.0 Å². The summed E-state index contributed by atoms with van der Waals surface area (Å²) in [4.78, 5) is 12.3. The van der Waals surface area contributed by atoms with E-state index in [1.807, 2.05) is 65.2 Å². The van der Waals surface area contributed by atoms with Gasteiger partial charge in [0.15, 0.2) is 17.6 Å². The number of hydrogen-bond donors (Lipinski definition) is 1. The fraction of sp³-hybridized carbons (Fsp3) is 0.160. The number of hydrogen-bond acceptors (Lipinski definition) is 5. The second-order valence-electron chi connectivity index (χ2n) is 7.22. The number of rotatable bonds is 9. The van der Waals surface area contributed by atoms with Gasteiger partial charge in [0, 0.05) is 11.4 Å². The molecule has 1 heterocycles. The van der Waals surface area contributed by atoms with E-state index >= 15 is 0 Å². The Morgan fingerprint density at radius 3 is 2.34 bits per heavy atom. The molecule has 0 aliphatic heterocycles. The smallest absolute Gasteiger partial charge is 0.258 e. The maximum Gasteiger partial charge on any atom is 0.258 e. The van der Waals surface area contributed by atoms with Gasteiger partial charge in [-0.15, -0.1) is 10.2 Å². The zero-order valence-electron chi connectivity index (χ0n) is 17.8. The fourth-order valence-electron chi connectivity index (χ4n) is 3.08. The molecule has 0 spiro atoms. The topological polar surface area (TPSA) is 69.0 Å². The molecule has 0 unspecified atom stereocenters. The highest BCUT2D eigenvalue weighted by molar-refractivity contribution is 7.98. The molecule has 4 aromatic rings. The van der Waals surface area contributed by atoms with Crippen LogP contribution in [0, 0.1) is 6.92 Å². The third-order valence-electron chi connectivity index (χ3n) is 4.76. The Kier molecular flexibility index (Phi) is 7.19. The number of nitrogens with zero attached hydrogens (tertiary/aromatic N) is 3. The first-order valence-corrected chi connectivity index (χ1v) is 11.3.